The second-order valence-electron chi connectivity index (χ2n) is 15.4. The van der Waals surface area contributed by atoms with Crippen LogP contribution in [0.2, 0.25) is 18.1 Å². The SMILES string of the molecule is CCCCCCCCCCCCCCC(C(=O)O)[C@@H](CO[Si](C)(C)C(C)(C)C)[C@H]1OC(=O)C(OCc2ccccc2)=C1OCc1ccccc1. The molecule has 0 amide bonds. The molecule has 2 aromatic carbocycles. The van der Waals surface area contributed by atoms with Gasteiger partial charge in [-0.05, 0) is 35.7 Å². The quantitative estimate of drug-likeness (QED) is 0.0623. The number of esters is 1. The van der Waals surface area contributed by atoms with Gasteiger partial charge in [0, 0.05) is 12.5 Å². The molecule has 0 spiro atoms. The highest BCUT2D eigenvalue weighted by Crippen LogP contribution is 2.40. The van der Waals surface area contributed by atoms with E-state index in [4.69, 9.17) is 18.6 Å². The molecule has 1 unspecified atom stereocenters. The Morgan fingerprint density at radius 3 is 1.74 bits per heavy atom. The molecule has 2 aromatic rings. The van der Waals surface area contributed by atoms with Gasteiger partial charge in [0.15, 0.2) is 20.2 Å². The van der Waals surface area contributed by atoms with E-state index in [1.807, 2.05) is 60.7 Å². The molecule has 278 valence electrons. The number of ether oxygens (including phenoxy) is 3. The van der Waals surface area contributed by atoms with Crippen molar-refractivity contribution in [2.75, 3.05) is 6.61 Å². The number of benzene rings is 2. The summed E-state index contributed by atoms with van der Waals surface area (Å²) in [6.45, 7) is 13.5. The molecule has 0 saturated carbocycles. The fourth-order valence-corrected chi connectivity index (χ4v) is 7.18. The van der Waals surface area contributed by atoms with E-state index in [0.717, 1.165) is 30.4 Å². The Balaban J connectivity index is 1.78. The second kappa shape index (κ2) is 21.3. The number of rotatable bonds is 25. The standard InChI is InChI=1S/C42H64O7Si/c1-7-8-9-10-11-12-13-14-15-16-17-24-29-35(40(43)44)36(32-48-50(5,6)42(2,3)4)37-38(46-30-33-25-20-18-21-26-33)39(41(45)49-37)47-31-34-27-22-19-23-28-34/h18-23,25-28,35-37H,7-17,24,29-32H2,1-6H3,(H,43,44)/t35?,36-,37-/m1/s1. The Bertz CT molecular complexity index is 1300. The van der Waals surface area contributed by atoms with Crippen LogP contribution in [0, 0.1) is 11.8 Å². The summed E-state index contributed by atoms with van der Waals surface area (Å²) in [5.41, 5.74) is 1.81. The lowest BCUT2D eigenvalue weighted by Crippen LogP contribution is -2.45. The Labute approximate surface area is 303 Å². The first-order chi connectivity index (χ1) is 23.9. The summed E-state index contributed by atoms with van der Waals surface area (Å²) in [7, 11) is -2.28. The molecule has 7 nitrogen and oxygen atoms in total. The summed E-state index contributed by atoms with van der Waals surface area (Å²) in [6.07, 6.45) is 14.0. The molecule has 3 atom stereocenters. The van der Waals surface area contributed by atoms with E-state index >= 15 is 0 Å². The minimum Gasteiger partial charge on any atom is -0.485 e. The smallest absolute Gasteiger partial charge is 0.378 e. The average molecular weight is 709 g/mol. The number of hydrogen-bond donors (Lipinski definition) is 1. The molecular weight excluding hydrogens is 645 g/mol. The third-order valence-electron chi connectivity index (χ3n) is 10.4. The van der Waals surface area contributed by atoms with Crippen LogP contribution in [0.25, 0.3) is 0 Å². The summed E-state index contributed by atoms with van der Waals surface area (Å²) >= 11 is 0. The van der Waals surface area contributed by atoms with Gasteiger partial charge in [-0.2, -0.15) is 0 Å². The van der Waals surface area contributed by atoms with Gasteiger partial charge in [-0.3, -0.25) is 4.79 Å². The maximum absolute atomic E-state index is 13.5. The molecule has 0 aromatic heterocycles. The third-order valence-corrected chi connectivity index (χ3v) is 14.9. The van der Waals surface area contributed by atoms with Gasteiger partial charge < -0.3 is 23.7 Å². The summed E-state index contributed by atoms with van der Waals surface area (Å²) in [6, 6.07) is 19.3. The number of carboxylic acid groups (broad SMARTS) is 1. The Morgan fingerprint density at radius 2 is 1.26 bits per heavy atom. The van der Waals surface area contributed by atoms with Gasteiger partial charge in [0.05, 0.1) is 5.92 Å². The van der Waals surface area contributed by atoms with E-state index in [1.165, 1.54) is 57.8 Å². The summed E-state index contributed by atoms with van der Waals surface area (Å²) in [5.74, 6) is -2.73. The van der Waals surface area contributed by atoms with Crippen molar-refractivity contribution in [3.05, 3.63) is 83.3 Å². The van der Waals surface area contributed by atoms with E-state index in [9.17, 15) is 14.7 Å². The van der Waals surface area contributed by atoms with Gasteiger partial charge in [0.1, 0.15) is 13.2 Å². The fourth-order valence-electron chi connectivity index (χ4n) is 6.14. The minimum absolute atomic E-state index is 0.00149. The van der Waals surface area contributed by atoms with Crippen molar-refractivity contribution in [2.45, 2.75) is 149 Å². The lowest BCUT2D eigenvalue weighted by Gasteiger charge is -2.39. The molecule has 0 aliphatic carbocycles. The predicted molar refractivity (Wildman–Crippen MR) is 203 cm³/mol. The van der Waals surface area contributed by atoms with Crippen LogP contribution < -0.4 is 0 Å². The third kappa shape index (κ3) is 13.6. The van der Waals surface area contributed by atoms with Crippen LogP contribution in [0.1, 0.15) is 122 Å². The normalized spacial score (nSPS) is 16.3. The van der Waals surface area contributed by atoms with Gasteiger partial charge in [-0.15, -0.1) is 0 Å². The van der Waals surface area contributed by atoms with Crippen molar-refractivity contribution < 1.29 is 33.3 Å². The summed E-state index contributed by atoms with van der Waals surface area (Å²) in [5, 5.41) is 10.6. The summed E-state index contributed by atoms with van der Waals surface area (Å²) < 4.78 is 25.2. The first-order valence-corrected chi connectivity index (χ1v) is 22.0. The highest BCUT2D eigenvalue weighted by Gasteiger charge is 2.48. The van der Waals surface area contributed by atoms with E-state index in [-0.39, 0.29) is 36.4 Å². The van der Waals surface area contributed by atoms with E-state index < -0.39 is 38.2 Å². The molecule has 1 aliphatic heterocycles. The zero-order valence-electron chi connectivity index (χ0n) is 31.7. The topological polar surface area (TPSA) is 91.3 Å². The van der Waals surface area contributed by atoms with Crippen molar-refractivity contribution in [3.8, 4) is 0 Å². The lowest BCUT2D eigenvalue weighted by atomic mass is 9.83. The molecule has 0 radical (unpaired) electrons. The fraction of sp³-hybridized carbons (Fsp3) is 0.619. The van der Waals surface area contributed by atoms with Crippen molar-refractivity contribution in [2.24, 2.45) is 11.8 Å². The predicted octanol–water partition coefficient (Wildman–Crippen LogP) is 11.0. The molecule has 0 bridgehead atoms. The number of cyclic esters (lactones) is 1. The number of hydrogen-bond acceptors (Lipinski definition) is 6. The molecule has 1 heterocycles. The molecule has 0 saturated heterocycles. The Morgan fingerprint density at radius 1 is 0.780 bits per heavy atom. The lowest BCUT2D eigenvalue weighted by molar-refractivity contribution is -0.154. The van der Waals surface area contributed by atoms with Gasteiger partial charge >= 0.3 is 11.9 Å². The monoisotopic (exact) mass is 708 g/mol. The van der Waals surface area contributed by atoms with Crippen LogP contribution in [-0.2, 0) is 41.4 Å². The van der Waals surface area contributed by atoms with Crippen molar-refractivity contribution >= 4 is 20.3 Å². The Hall–Kier alpha value is -3.10. The van der Waals surface area contributed by atoms with Crippen LogP contribution in [0.4, 0.5) is 0 Å². The molecular formula is C42H64O7Si. The van der Waals surface area contributed by atoms with E-state index in [1.54, 1.807) is 0 Å². The minimum atomic E-state index is -2.28. The van der Waals surface area contributed by atoms with E-state index in [0.29, 0.717) is 6.42 Å². The highest BCUT2D eigenvalue weighted by molar-refractivity contribution is 6.74. The zero-order chi connectivity index (χ0) is 36.4. The summed E-state index contributed by atoms with van der Waals surface area (Å²) in [4.78, 5) is 26.5. The van der Waals surface area contributed by atoms with Crippen LogP contribution in [0.3, 0.4) is 0 Å². The second-order valence-corrected chi connectivity index (χ2v) is 20.2. The Kier molecular flexibility index (Phi) is 17.6. The average Bonchev–Trinajstić information content (AvgIpc) is 3.40. The molecule has 50 heavy (non-hydrogen) atoms. The zero-order valence-corrected chi connectivity index (χ0v) is 32.7. The molecule has 3 rings (SSSR count). The largest absolute Gasteiger partial charge is 0.485 e. The van der Waals surface area contributed by atoms with Crippen molar-refractivity contribution in [3.63, 3.8) is 0 Å². The number of aliphatic carboxylic acids is 1. The maximum atomic E-state index is 13.5. The van der Waals surface area contributed by atoms with Crippen LogP contribution in [-0.4, -0.2) is 38.1 Å². The molecule has 8 heteroatoms. The van der Waals surface area contributed by atoms with Crippen molar-refractivity contribution in [1.82, 2.24) is 0 Å². The van der Waals surface area contributed by atoms with Gasteiger partial charge in [0.25, 0.3) is 0 Å². The first-order valence-electron chi connectivity index (χ1n) is 19.1. The number of carbonyl (C=O) groups excluding carboxylic acids is 1. The first kappa shape index (κ1) is 41.3. The molecule has 1 N–H and O–H groups in total. The molecule has 0 fully saturated rings. The highest BCUT2D eigenvalue weighted by atomic mass is 28.4. The number of carbonyl (C=O) groups is 2. The van der Waals surface area contributed by atoms with Gasteiger partial charge in [-0.25, -0.2) is 4.79 Å². The maximum Gasteiger partial charge on any atom is 0.378 e. The van der Waals surface area contributed by atoms with Crippen LogP contribution >= 0.6 is 0 Å². The van der Waals surface area contributed by atoms with Crippen LogP contribution in [0.5, 0.6) is 0 Å². The van der Waals surface area contributed by atoms with E-state index in [2.05, 4.69) is 40.8 Å². The van der Waals surface area contributed by atoms with Gasteiger partial charge in [0.2, 0.25) is 5.76 Å². The van der Waals surface area contributed by atoms with Gasteiger partial charge in [-0.1, -0.05) is 165 Å². The van der Waals surface area contributed by atoms with Crippen LogP contribution in [0.15, 0.2) is 72.2 Å². The van der Waals surface area contributed by atoms with Crippen molar-refractivity contribution in [1.29, 1.82) is 0 Å². The number of carboxylic acids is 1. The number of unbranched alkanes of at least 4 members (excludes halogenated alkanes) is 11. The molecule has 1 aliphatic rings.